The Morgan fingerprint density at radius 1 is 0.842 bits per heavy atom. The number of likely N-dealkylation sites (N-methyl/N-ethyl adjacent to an activating group) is 1. The number of thioether (sulfide) groups is 1. The standard InChI is InChI=1S/C54H67ClF3N4O10PS3/c1-8-61(34-35-70-73(65,71-52(2,3)4)72-53(5,6)7)31-30-41(37-74-43-18-13-10-14-19-43)59-47-27-26-44(36-48(47)75(66,67)54(56,57)58)76(68,69)60-51(64)40-22-24-42(25-23-40)62-32-28-39(29-33-62)50(63)49-45(20-15-21-46(49)55)38-16-11-9-12-17-38/h9-27,36,39,41,50,59,63H,8,28-35,37H2,1-7H3,(H,60,64)/t41-,50-/m1/s1. The number of halogens is 4. The Labute approximate surface area is 454 Å². The van der Waals surface area contributed by atoms with Gasteiger partial charge >= 0.3 is 13.3 Å². The molecule has 0 saturated carbocycles. The van der Waals surface area contributed by atoms with Crippen LogP contribution in [0.5, 0.6) is 0 Å². The van der Waals surface area contributed by atoms with Gasteiger partial charge in [-0.1, -0.05) is 79.2 Å². The Balaban J connectivity index is 1.15. The number of phosphoric ester groups is 1. The van der Waals surface area contributed by atoms with Crippen LogP contribution in [0.2, 0.25) is 5.02 Å². The molecule has 414 valence electrons. The molecular formula is C54H67ClF3N4O10PS3. The van der Waals surface area contributed by atoms with Gasteiger partial charge in [-0.3, -0.25) is 18.4 Å². The van der Waals surface area contributed by atoms with Gasteiger partial charge in [0.05, 0.1) is 34.5 Å². The highest BCUT2D eigenvalue weighted by molar-refractivity contribution is 7.99. The molecule has 5 aromatic rings. The van der Waals surface area contributed by atoms with E-state index in [1.807, 2.05) is 89.3 Å². The van der Waals surface area contributed by atoms with Crippen LogP contribution in [-0.4, -0.2) is 101 Å². The summed E-state index contributed by atoms with van der Waals surface area (Å²) in [5.74, 6) is -0.953. The molecule has 76 heavy (non-hydrogen) atoms. The van der Waals surface area contributed by atoms with Crippen molar-refractivity contribution in [1.82, 2.24) is 9.62 Å². The first-order chi connectivity index (χ1) is 35.6. The Morgan fingerprint density at radius 3 is 2.03 bits per heavy atom. The fourth-order valence-corrected chi connectivity index (χ4v) is 13.6. The van der Waals surface area contributed by atoms with Crippen LogP contribution in [0.25, 0.3) is 11.1 Å². The molecule has 1 amide bonds. The molecule has 0 aromatic heterocycles. The Morgan fingerprint density at radius 2 is 1.45 bits per heavy atom. The lowest BCUT2D eigenvalue weighted by Gasteiger charge is -2.36. The lowest BCUT2D eigenvalue weighted by Crippen LogP contribution is -2.36. The highest BCUT2D eigenvalue weighted by Crippen LogP contribution is 2.55. The third-order valence-corrected chi connectivity index (χ3v) is 18.6. The molecule has 0 unspecified atom stereocenters. The summed E-state index contributed by atoms with van der Waals surface area (Å²) in [5, 5.41) is 15.1. The van der Waals surface area contributed by atoms with Crippen molar-refractivity contribution in [2.45, 2.75) is 111 Å². The second-order valence-corrected chi connectivity index (χ2v) is 26.9. The number of anilines is 2. The number of nitrogens with one attached hydrogen (secondary N) is 2. The average Bonchev–Trinajstić information content (AvgIpc) is 3.35. The number of rotatable bonds is 23. The molecule has 1 heterocycles. The number of aliphatic hydroxyl groups excluding tert-OH is 1. The van der Waals surface area contributed by atoms with E-state index in [2.05, 4.69) is 10.2 Å². The molecule has 3 N–H and O–H groups in total. The fraction of sp³-hybridized carbons (Fsp3) is 0.426. The first kappa shape index (κ1) is 60.8. The molecule has 2 atom stereocenters. The van der Waals surface area contributed by atoms with Crippen LogP contribution in [0.3, 0.4) is 0 Å². The van der Waals surface area contributed by atoms with Gasteiger partial charge in [0.25, 0.3) is 25.8 Å². The quantitative estimate of drug-likeness (QED) is 0.0415. The summed E-state index contributed by atoms with van der Waals surface area (Å²) in [6.07, 6.45) is 0.675. The van der Waals surface area contributed by atoms with Crippen molar-refractivity contribution in [3.8, 4) is 11.1 Å². The summed E-state index contributed by atoms with van der Waals surface area (Å²) >= 11 is 8.03. The van der Waals surface area contributed by atoms with Crippen molar-refractivity contribution in [1.29, 1.82) is 0 Å². The van der Waals surface area contributed by atoms with E-state index in [1.54, 1.807) is 59.7 Å². The third kappa shape index (κ3) is 16.8. The van der Waals surface area contributed by atoms with Crippen molar-refractivity contribution in [2.75, 3.05) is 55.3 Å². The van der Waals surface area contributed by atoms with Gasteiger partial charge in [0.1, 0.15) is 4.90 Å². The minimum absolute atomic E-state index is 0.0606. The zero-order chi connectivity index (χ0) is 55.7. The van der Waals surface area contributed by atoms with Crippen LogP contribution < -0.4 is 14.9 Å². The molecule has 0 radical (unpaired) electrons. The van der Waals surface area contributed by atoms with E-state index in [-0.39, 0.29) is 36.8 Å². The monoisotopic (exact) mass is 1150 g/mol. The SMILES string of the molecule is CCN(CCOP(=O)(OC(C)(C)C)OC(C)(C)C)CC[C@H](CSc1ccccc1)Nc1ccc(S(=O)(=O)NC(=O)c2ccc(N3CCC([C@@H](O)c4c(Cl)cccc4-c4ccccc4)CC3)cc2)cc1S(=O)(=O)C(F)(F)F. The lowest BCUT2D eigenvalue weighted by molar-refractivity contribution is -0.0436. The predicted octanol–water partition coefficient (Wildman–Crippen LogP) is 12.4. The number of phosphoric acid groups is 1. The molecule has 0 aliphatic carbocycles. The van der Waals surface area contributed by atoms with Gasteiger partial charge in [-0.15, -0.1) is 11.8 Å². The molecular weight excluding hydrogens is 1080 g/mol. The number of piperidine rings is 1. The topological polar surface area (TPSA) is 181 Å². The molecule has 0 spiro atoms. The molecule has 22 heteroatoms. The zero-order valence-electron chi connectivity index (χ0n) is 43.5. The molecule has 0 bridgehead atoms. The van der Waals surface area contributed by atoms with Crippen molar-refractivity contribution >= 4 is 68.3 Å². The molecule has 1 fully saturated rings. The van der Waals surface area contributed by atoms with Crippen molar-refractivity contribution in [2.24, 2.45) is 5.92 Å². The van der Waals surface area contributed by atoms with Gasteiger partial charge in [0.2, 0.25) is 0 Å². The Bertz CT molecular complexity index is 2990. The van der Waals surface area contributed by atoms with Crippen molar-refractivity contribution in [3.05, 3.63) is 137 Å². The molecule has 6 rings (SSSR count). The highest BCUT2D eigenvalue weighted by atomic mass is 35.5. The highest BCUT2D eigenvalue weighted by Gasteiger charge is 2.48. The lowest BCUT2D eigenvalue weighted by atomic mass is 9.84. The first-order valence-electron chi connectivity index (χ1n) is 24.8. The maximum absolute atomic E-state index is 14.4. The van der Waals surface area contributed by atoms with Gasteiger partial charge in [-0.25, -0.2) is 26.1 Å². The minimum Gasteiger partial charge on any atom is -0.388 e. The summed E-state index contributed by atoms with van der Waals surface area (Å²) in [5.41, 5.74) is -4.92. The Hall–Kier alpha value is -4.47. The van der Waals surface area contributed by atoms with Gasteiger partial charge in [-0.2, -0.15) is 13.2 Å². The molecule has 1 aliphatic rings. The summed E-state index contributed by atoms with van der Waals surface area (Å²) in [6.45, 7) is 14.3. The molecule has 1 aliphatic heterocycles. The maximum atomic E-state index is 14.4. The summed E-state index contributed by atoms with van der Waals surface area (Å²) in [6, 6.07) is 32.1. The second kappa shape index (κ2) is 25.5. The van der Waals surface area contributed by atoms with Gasteiger partial charge in [-0.05, 0) is 145 Å². The largest absolute Gasteiger partial charge is 0.501 e. The van der Waals surface area contributed by atoms with Crippen molar-refractivity contribution < 1.29 is 58.0 Å². The summed E-state index contributed by atoms with van der Waals surface area (Å²) in [4.78, 5) is 16.1. The number of amides is 1. The van der Waals surface area contributed by atoms with E-state index in [0.29, 0.717) is 55.7 Å². The number of carbonyl (C=O) groups excluding carboxylic acids is 1. The van der Waals surface area contributed by atoms with E-state index in [9.17, 15) is 44.5 Å². The van der Waals surface area contributed by atoms with Crippen LogP contribution in [0, 0.1) is 5.92 Å². The van der Waals surface area contributed by atoms with E-state index < -0.39 is 77.9 Å². The van der Waals surface area contributed by atoms with Crippen LogP contribution in [0.1, 0.15) is 89.8 Å². The second-order valence-electron chi connectivity index (χ2n) is 20.3. The van der Waals surface area contributed by atoms with Crippen LogP contribution in [0.15, 0.2) is 136 Å². The van der Waals surface area contributed by atoms with Crippen LogP contribution in [-0.2, 0) is 38.0 Å². The average molecular weight is 1150 g/mol. The molecule has 14 nitrogen and oxygen atoms in total. The summed E-state index contributed by atoms with van der Waals surface area (Å²) in [7, 11) is -15.1. The predicted molar refractivity (Wildman–Crippen MR) is 294 cm³/mol. The van der Waals surface area contributed by atoms with E-state index >= 15 is 0 Å². The Kier molecular flexibility index (Phi) is 20.4. The number of hydrogen-bond acceptors (Lipinski definition) is 14. The van der Waals surface area contributed by atoms with Gasteiger partial charge in [0.15, 0.2) is 0 Å². The van der Waals surface area contributed by atoms with Crippen LogP contribution in [0.4, 0.5) is 24.5 Å². The molecule has 5 aromatic carbocycles. The number of sulfone groups is 1. The number of nitrogens with zero attached hydrogens (tertiary/aromatic N) is 2. The third-order valence-electron chi connectivity index (χ3n) is 12.2. The van der Waals surface area contributed by atoms with Gasteiger partial charge < -0.3 is 20.2 Å². The first-order valence-corrected chi connectivity index (χ1v) is 30.6. The molecule has 1 saturated heterocycles. The van der Waals surface area contributed by atoms with E-state index in [0.717, 1.165) is 33.8 Å². The number of hydrogen-bond donors (Lipinski definition) is 3. The van der Waals surface area contributed by atoms with E-state index in [4.69, 9.17) is 25.2 Å². The maximum Gasteiger partial charge on any atom is 0.501 e. The smallest absolute Gasteiger partial charge is 0.388 e. The summed E-state index contributed by atoms with van der Waals surface area (Å²) < 4.78 is 130. The number of sulfonamides is 1. The normalized spacial score (nSPS) is 15.1. The van der Waals surface area contributed by atoms with E-state index in [1.165, 1.54) is 23.9 Å². The van der Waals surface area contributed by atoms with Crippen molar-refractivity contribution in [3.63, 3.8) is 0 Å². The van der Waals surface area contributed by atoms with Crippen LogP contribution >= 0.6 is 31.2 Å². The fourth-order valence-electron chi connectivity index (χ4n) is 8.54. The number of aliphatic hydroxyl groups is 1. The zero-order valence-corrected chi connectivity index (χ0v) is 47.6. The number of benzene rings is 5. The number of carbonyl (C=O) groups is 1. The van der Waals surface area contributed by atoms with Gasteiger partial charge in [0, 0.05) is 64.7 Å². The minimum atomic E-state index is -6.17. The number of alkyl halides is 3.